The fraction of sp³-hybridized carbons (Fsp3) is 0.625. The van der Waals surface area contributed by atoms with E-state index >= 15 is 0 Å². The van der Waals surface area contributed by atoms with Gasteiger partial charge in [-0.15, -0.1) is 0 Å². The highest BCUT2D eigenvalue weighted by Gasteiger charge is 2.31. The van der Waals surface area contributed by atoms with Crippen LogP contribution >= 0.6 is 15.9 Å². The minimum Gasteiger partial charge on any atom is -0.496 e. The summed E-state index contributed by atoms with van der Waals surface area (Å²) in [5.74, 6) is 1.51. The smallest absolute Gasteiger partial charge is 0.126 e. The third-order valence-electron chi connectivity index (χ3n) is 4.08. The molecule has 0 saturated carbocycles. The lowest BCUT2D eigenvalue weighted by Gasteiger charge is -2.28. The minimum atomic E-state index is 0.286. The molecule has 0 bridgehead atoms. The van der Waals surface area contributed by atoms with Crippen molar-refractivity contribution >= 4 is 15.9 Å². The number of halogens is 1. The van der Waals surface area contributed by atoms with Gasteiger partial charge in [-0.25, -0.2) is 0 Å². The molecule has 20 heavy (non-hydrogen) atoms. The van der Waals surface area contributed by atoms with Gasteiger partial charge in [-0.1, -0.05) is 22.9 Å². The van der Waals surface area contributed by atoms with Crippen molar-refractivity contribution in [1.29, 1.82) is 0 Å². The Morgan fingerprint density at radius 1 is 1.50 bits per heavy atom. The third kappa shape index (κ3) is 3.02. The van der Waals surface area contributed by atoms with Crippen LogP contribution in [0.5, 0.6) is 5.75 Å². The number of ether oxygens (including phenoxy) is 2. The molecule has 112 valence electrons. The summed E-state index contributed by atoms with van der Waals surface area (Å²) in [5.41, 5.74) is 3.70. The molecule has 2 unspecified atom stereocenters. The number of nitrogens with one attached hydrogen (secondary N) is 1. The highest BCUT2D eigenvalue weighted by atomic mass is 79.9. The van der Waals surface area contributed by atoms with E-state index in [2.05, 4.69) is 48.1 Å². The second kappa shape index (κ2) is 6.92. The molecule has 0 aliphatic carbocycles. The van der Waals surface area contributed by atoms with Crippen LogP contribution in [0.1, 0.15) is 36.1 Å². The second-order valence-corrected chi connectivity index (χ2v) is 6.26. The molecule has 2 atom stereocenters. The summed E-state index contributed by atoms with van der Waals surface area (Å²) in [4.78, 5) is 0. The van der Waals surface area contributed by atoms with Gasteiger partial charge in [-0.05, 0) is 44.0 Å². The van der Waals surface area contributed by atoms with E-state index in [1.54, 1.807) is 7.11 Å². The summed E-state index contributed by atoms with van der Waals surface area (Å²) in [6, 6.07) is 2.42. The Bertz CT molecular complexity index is 470. The first-order valence-electron chi connectivity index (χ1n) is 7.24. The maximum atomic E-state index is 5.70. The largest absolute Gasteiger partial charge is 0.496 e. The summed E-state index contributed by atoms with van der Waals surface area (Å²) in [5, 5.41) is 3.63. The van der Waals surface area contributed by atoms with E-state index in [1.807, 2.05) is 0 Å². The summed E-state index contributed by atoms with van der Waals surface area (Å²) in [6.07, 6.45) is 1.10. The molecule has 1 saturated heterocycles. The summed E-state index contributed by atoms with van der Waals surface area (Å²) < 4.78 is 12.4. The van der Waals surface area contributed by atoms with Gasteiger partial charge in [-0.2, -0.15) is 0 Å². The van der Waals surface area contributed by atoms with Crippen LogP contribution in [0, 0.1) is 19.8 Å². The molecule has 0 amide bonds. The van der Waals surface area contributed by atoms with Crippen molar-refractivity contribution in [3.63, 3.8) is 0 Å². The Balaban J connectivity index is 2.50. The predicted molar refractivity (Wildman–Crippen MR) is 85.5 cm³/mol. The average molecular weight is 342 g/mol. The highest BCUT2D eigenvalue weighted by molar-refractivity contribution is 9.10. The molecule has 0 spiro atoms. The first-order valence-corrected chi connectivity index (χ1v) is 8.04. The van der Waals surface area contributed by atoms with Gasteiger partial charge in [-0.3, -0.25) is 0 Å². The van der Waals surface area contributed by atoms with E-state index in [-0.39, 0.29) is 6.04 Å². The zero-order chi connectivity index (χ0) is 14.7. The number of rotatable bonds is 5. The maximum Gasteiger partial charge on any atom is 0.126 e. The van der Waals surface area contributed by atoms with Crippen LogP contribution in [-0.4, -0.2) is 26.9 Å². The Hall–Kier alpha value is -0.580. The van der Waals surface area contributed by atoms with Gasteiger partial charge in [0.1, 0.15) is 5.75 Å². The number of methoxy groups -OCH3 is 1. The molecule has 3 nitrogen and oxygen atoms in total. The van der Waals surface area contributed by atoms with Gasteiger partial charge in [0.2, 0.25) is 0 Å². The number of hydrogen-bond donors (Lipinski definition) is 1. The van der Waals surface area contributed by atoms with Crippen molar-refractivity contribution in [3.05, 3.63) is 27.2 Å². The predicted octanol–water partition coefficient (Wildman–Crippen LogP) is 3.76. The fourth-order valence-corrected chi connectivity index (χ4v) is 3.62. The van der Waals surface area contributed by atoms with Crippen LogP contribution in [0.3, 0.4) is 0 Å². The van der Waals surface area contributed by atoms with Crippen LogP contribution < -0.4 is 10.1 Å². The lowest BCUT2D eigenvalue weighted by atomic mass is 9.87. The number of benzene rings is 1. The van der Waals surface area contributed by atoms with Crippen LogP contribution in [0.15, 0.2) is 10.5 Å². The van der Waals surface area contributed by atoms with Crippen LogP contribution in [-0.2, 0) is 4.74 Å². The number of aryl methyl sites for hydroxylation is 1. The van der Waals surface area contributed by atoms with E-state index in [0.29, 0.717) is 5.92 Å². The van der Waals surface area contributed by atoms with Crippen molar-refractivity contribution in [1.82, 2.24) is 5.32 Å². The molecule has 1 aromatic rings. The summed E-state index contributed by atoms with van der Waals surface area (Å²) in [6.45, 7) is 9.03. The van der Waals surface area contributed by atoms with Gasteiger partial charge >= 0.3 is 0 Å². The second-order valence-electron chi connectivity index (χ2n) is 5.41. The standard InChI is InChI=1S/C16H24BrNO2/c1-5-18-15(12-6-7-20-9-12)14-11(3)13(17)8-10(2)16(14)19-4/h8,12,15,18H,5-7,9H2,1-4H3. The van der Waals surface area contributed by atoms with E-state index in [0.717, 1.165) is 36.4 Å². The molecular weight excluding hydrogens is 318 g/mol. The molecule has 1 aliphatic heterocycles. The zero-order valence-corrected chi connectivity index (χ0v) is 14.3. The lowest BCUT2D eigenvalue weighted by molar-refractivity contribution is 0.176. The Morgan fingerprint density at radius 3 is 2.80 bits per heavy atom. The Kier molecular flexibility index (Phi) is 5.47. The first kappa shape index (κ1) is 15.8. The van der Waals surface area contributed by atoms with Gasteiger partial charge in [0.05, 0.1) is 13.7 Å². The molecule has 0 aromatic heterocycles. The summed E-state index contributed by atoms with van der Waals surface area (Å²) in [7, 11) is 1.76. The maximum absolute atomic E-state index is 5.70. The van der Waals surface area contributed by atoms with Gasteiger partial charge < -0.3 is 14.8 Å². The Morgan fingerprint density at radius 2 is 2.25 bits per heavy atom. The van der Waals surface area contributed by atoms with Crippen LogP contribution in [0.4, 0.5) is 0 Å². The molecule has 0 radical (unpaired) electrons. The molecule has 1 fully saturated rings. The number of hydrogen-bond acceptors (Lipinski definition) is 3. The van der Waals surface area contributed by atoms with Crippen LogP contribution in [0.2, 0.25) is 0 Å². The fourth-order valence-electron chi connectivity index (χ4n) is 3.06. The van der Waals surface area contributed by atoms with Crippen molar-refractivity contribution in [2.24, 2.45) is 5.92 Å². The van der Waals surface area contributed by atoms with Gasteiger partial charge in [0.15, 0.2) is 0 Å². The normalized spacial score (nSPS) is 20.1. The third-order valence-corrected chi connectivity index (χ3v) is 4.91. The molecule has 1 heterocycles. The van der Waals surface area contributed by atoms with E-state index in [4.69, 9.17) is 9.47 Å². The molecular formula is C16H24BrNO2. The van der Waals surface area contributed by atoms with Crippen molar-refractivity contribution in [3.8, 4) is 5.75 Å². The van der Waals surface area contributed by atoms with Crippen molar-refractivity contribution < 1.29 is 9.47 Å². The lowest BCUT2D eigenvalue weighted by Crippen LogP contribution is -2.30. The average Bonchev–Trinajstić information content (AvgIpc) is 2.94. The van der Waals surface area contributed by atoms with Crippen molar-refractivity contribution in [2.45, 2.75) is 33.2 Å². The SMILES string of the molecule is CCNC(c1c(C)c(Br)cc(C)c1OC)C1CCOC1. The van der Waals surface area contributed by atoms with Gasteiger partial charge in [0.25, 0.3) is 0 Å². The van der Waals surface area contributed by atoms with Crippen molar-refractivity contribution in [2.75, 3.05) is 26.9 Å². The Labute approximate surface area is 130 Å². The molecule has 1 aliphatic rings. The topological polar surface area (TPSA) is 30.5 Å². The van der Waals surface area contributed by atoms with Crippen LogP contribution in [0.25, 0.3) is 0 Å². The van der Waals surface area contributed by atoms with E-state index in [1.165, 1.54) is 16.7 Å². The highest BCUT2D eigenvalue weighted by Crippen LogP contribution is 2.40. The van der Waals surface area contributed by atoms with E-state index < -0.39 is 0 Å². The zero-order valence-electron chi connectivity index (χ0n) is 12.8. The molecule has 1 aromatic carbocycles. The molecule has 2 rings (SSSR count). The quantitative estimate of drug-likeness (QED) is 0.884. The summed E-state index contributed by atoms with van der Waals surface area (Å²) >= 11 is 3.67. The first-order chi connectivity index (χ1) is 9.60. The van der Waals surface area contributed by atoms with Gasteiger partial charge in [0, 0.05) is 28.6 Å². The monoisotopic (exact) mass is 341 g/mol. The minimum absolute atomic E-state index is 0.286. The molecule has 1 N–H and O–H groups in total. The van der Waals surface area contributed by atoms with E-state index in [9.17, 15) is 0 Å². The molecule has 4 heteroatoms.